The molecule has 2 rings (SSSR count). The summed E-state index contributed by atoms with van der Waals surface area (Å²) in [6.07, 6.45) is 1.42. The van der Waals surface area contributed by atoms with E-state index in [1.54, 1.807) is 30.3 Å². The van der Waals surface area contributed by atoms with Crippen molar-refractivity contribution in [3.63, 3.8) is 0 Å². The molecule has 1 heterocycles. The van der Waals surface area contributed by atoms with Crippen LogP contribution in [0.3, 0.4) is 0 Å². The summed E-state index contributed by atoms with van der Waals surface area (Å²) in [5.41, 5.74) is 1.53. The molecular formula is C13H10BrNO3. The van der Waals surface area contributed by atoms with Crippen LogP contribution in [0.5, 0.6) is 0 Å². The summed E-state index contributed by atoms with van der Waals surface area (Å²) in [5.74, 6) is -0.341. The number of amides is 1. The molecule has 0 aliphatic rings. The smallest absolute Gasteiger partial charge is 0.260 e. The molecule has 1 aromatic carbocycles. The predicted molar refractivity (Wildman–Crippen MR) is 70.8 cm³/mol. The maximum atomic E-state index is 11.9. The largest absolute Gasteiger partial charge is 0.457 e. The molecule has 1 N–H and O–H groups in total. The van der Waals surface area contributed by atoms with E-state index >= 15 is 0 Å². The molecule has 18 heavy (non-hydrogen) atoms. The molecule has 4 nitrogen and oxygen atoms in total. The molecule has 0 bridgehead atoms. The first kappa shape index (κ1) is 12.6. The number of carbonyl (C=O) groups excluding carboxylic acids is 2. The molecule has 0 atom stereocenters. The van der Waals surface area contributed by atoms with Crippen LogP contribution in [0, 0.1) is 0 Å². The van der Waals surface area contributed by atoms with Gasteiger partial charge in [0, 0.05) is 11.3 Å². The first-order valence-corrected chi connectivity index (χ1v) is 6.02. The van der Waals surface area contributed by atoms with Crippen LogP contribution in [0.4, 0.5) is 5.69 Å². The van der Waals surface area contributed by atoms with Gasteiger partial charge in [0.1, 0.15) is 0 Å². The van der Waals surface area contributed by atoms with Crippen molar-refractivity contribution in [3.8, 4) is 0 Å². The molecule has 0 radical (unpaired) electrons. The van der Waals surface area contributed by atoms with E-state index in [1.807, 2.05) is 0 Å². The average Bonchev–Trinajstić information content (AvgIpc) is 2.76. The van der Waals surface area contributed by atoms with Crippen LogP contribution in [0.15, 0.2) is 45.7 Å². The molecule has 0 aliphatic heterocycles. The average molecular weight is 308 g/mol. The zero-order chi connectivity index (χ0) is 13.1. The Morgan fingerprint density at radius 3 is 2.67 bits per heavy atom. The summed E-state index contributed by atoms with van der Waals surface area (Å²) in [7, 11) is 0. The number of rotatable bonds is 3. The quantitative estimate of drug-likeness (QED) is 0.883. The van der Waals surface area contributed by atoms with Crippen molar-refractivity contribution >= 4 is 33.3 Å². The maximum Gasteiger partial charge on any atom is 0.260 e. The van der Waals surface area contributed by atoms with Gasteiger partial charge in [-0.15, -0.1) is 0 Å². The van der Waals surface area contributed by atoms with Gasteiger partial charge in [-0.2, -0.15) is 0 Å². The molecule has 0 fully saturated rings. The highest BCUT2D eigenvalue weighted by Crippen LogP contribution is 2.19. The molecule has 5 heteroatoms. The number of hydrogen-bond acceptors (Lipinski definition) is 3. The molecule has 0 saturated heterocycles. The molecule has 92 valence electrons. The van der Waals surface area contributed by atoms with Crippen LogP contribution < -0.4 is 5.32 Å². The summed E-state index contributed by atoms with van der Waals surface area (Å²) in [6, 6.07) is 8.34. The van der Waals surface area contributed by atoms with Crippen LogP contribution in [0.1, 0.15) is 27.6 Å². The number of ketones is 1. The molecule has 0 aliphatic carbocycles. The number of halogens is 1. The Kier molecular flexibility index (Phi) is 3.62. The Balaban J connectivity index is 2.20. The Morgan fingerprint density at radius 1 is 1.28 bits per heavy atom. The lowest BCUT2D eigenvalue weighted by Gasteiger charge is -2.05. The van der Waals surface area contributed by atoms with E-state index in [4.69, 9.17) is 4.42 Å². The van der Waals surface area contributed by atoms with Crippen LogP contribution in [0.25, 0.3) is 0 Å². The third-order valence-corrected chi connectivity index (χ3v) is 3.00. The molecular weight excluding hydrogens is 298 g/mol. The normalized spacial score (nSPS) is 10.1. The van der Waals surface area contributed by atoms with Crippen molar-refractivity contribution in [2.24, 2.45) is 0 Å². The lowest BCUT2D eigenvalue weighted by molar-refractivity contribution is 0.101. The van der Waals surface area contributed by atoms with Gasteiger partial charge in [0.25, 0.3) is 5.91 Å². The van der Waals surface area contributed by atoms with E-state index in [2.05, 4.69) is 21.2 Å². The summed E-state index contributed by atoms with van der Waals surface area (Å²) < 4.78 is 5.36. The highest BCUT2D eigenvalue weighted by atomic mass is 79.9. The summed E-state index contributed by atoms with van der Waals surface area (Å²) >= 11 is 3.14. The zero-order valence-corrected chi connectivity index (χ0v) is 11.2. The molecule has 1 amide bonds. The fourth-order valence-corrected chi connectivity index (χ4v) is 1.89. The van der Waals surface area contributed by atoms with Gasteiger partial charge in [-0.1, -0.05) is 12.1 Å². The second kappa shape index (κ2) is 5.18. The number of nitrogens with one attached hydrogen (secondary N) is 1. The number of benzene rings is 1. The lowest BCUT2D eigenvalue weighted by atomic mass is 10.1. The van der Waals surface area contributed by atoms with Crippen molar-refractivity contribution in [1.82, 2.24) is 0 Å². The van der Waals surface area contributed by atoms with Gasteiger partial charge in [-0.05, 0) is 41.1 Å². The maximum absolute atomic E-state index is 11.9. The van der Waals surface area contributed by atoms with Crippen molar-refractivity contribution < 1.29 is 14.0 Å². The Hall–Kier alpha value is -1.88. The Morgan fingerprint density at radius 2 is 2.06 bits per heavy atom. The SMILES string of the molecule is CC(=O)c1cccc(NC(=O)c2ccoc2Br)c1. The van der Waals surface area contributed by atoms with E-state index in [-0.39, 0.29) is 11.7 Å². The molecule has 0 saturated carbocycles. The molecule has 2 aromatic rings. The topological polar surface area (TPSA) is 59.3 Å². The van der Waals surface area contributed by atoms with Crippen LogP contribution in [0.2, 0.25) is 0 Å². The van der Waals surface area contributed by atoms with Crippen molar-refractivity contribution in [1.29, 1.82) is 0 Å². The van der Waals surface area contributed by atoms with E-state index in [9.17, 15) is 9.59 Å². The van der Waals surface area contributed by atoms with E-state index in [0.29, 0.717) is 21.5 Å². The van der Waals surface area contributed by atoms with Crippen LogP contribution in [-0.4, -0.2) is 11.7 Å². The van der Waals surface area contributed by atoms with Crippen LogP contribution in [-0.2, 0) is 0 Å². The van der Waals surface area contributed by atoms with Crippen molar-refractivity contribution in [2.45, 2.75) is 6.92 Å². The fourth-order valence-electron chi connectivity index (χ4n) is 1.47. The Bertz CT molecular complexity index is 604. The van der Waals surface area contributed by atoms with Gasteiger partial charge in [-0.25, -0.2) is 0 Å². The van der Waals surface area contributed by atoms with E-state index in [0.717, 1.165) is 0 Å². The van der Waals surface area contributed by atoms with Gasteiger partial charge in [0.05, 0.1) is 11.8 Å². The zero-order valence-electron chi connectivity index (χ0n) is 9.57. The third-order valence-electron chi connectivity index (χ3n) is 2.39. The first-order chi connectivity index (χ1) is 8.58. The molecule has 0 spiro atoms. The second-order valence-electron chi connectivity index (χ2n) is 3.70. The summed E-state index contributed by atoms with van der Waals surface area (Å²) in [5, 5.41) is 2.70. The highest BCUT2D eigenvalue weighted by Gasteiger charge is 2.13. The minimum Gasteiger partial charge on any atom is -0.457 e. The van der Waals surface area contributed by atoms with Gasteiger partial charge >= 0.3 is 0 Å². The number of anilines is 1. The minimum atomic E-state index is -0.295. The van der Waals surface area contributed by atoms with Crippen molar-refractivity contribution in [2.75, 3.05) is 5.32 Å². The third kappa shape index (κ3) is 2.68. The molecule has 0 unspecified atom stereocenters. The number of carbonyl (C=O) groups is 2. The number of hydrogen-bond donors (Lipinski definition) is 1. The lowest BCUT2D eigenvalue weighted by Crippen LogP contribution is -2.11. The number of furan rings is 1. The fraction of sp³-hybridized carbons (Fsp3) is 0.0769. The van der Waals surface area contributed by atoms with Gasteiger partial charge in [-0.3, -0.25) is 9.59 Å². The van der Waals surface area contributed by atoms with E-state index < -0.39 is 0 Å². The predicted octanol–water partition coefficient (Wildman–Crippen LogP) is 3.50. The van der Waals surface area contributed by atoms with Gasteiger partial charge in [0.15, 0.2) is 10.5 Å². The van der Waals surface area contributed by atoms with Crippen molar-refractivity contribution in [3.05, 3.63) is 52.4 Å². The van der Waals surface area contributed by atoms with Gasteiger partial charge < -0.3 is 9.73 Å². The van der Waals surface area contributed by atoms with Gasteiger partial charge in [0.2, 0.25) is 0 Å². The standard InChI is InChI=1S/C13H10BrNO3/c1-8(16)9-3-2-4-10(7-9)15-13(17)11-5-6-18-12(11)14/h2-7H,1H3,(H,15,17). The van der Waals surface area contributed by atoms with E-state index in [1.165, 1.54) is 13.2 Å². The summed E-state index contributed by atoms with van der Waals surface area (Å²) in [6.45, 7) is 1.48. The summed E-state index contributed by atoms with van der Waals surface area (Å²) in [4.78, 5) is 23.1. The minimum absolute atomic E-state index is 0.0457. The highest BCUT2D eigenvalue weighted by molar-refractivity contribution is 9.10. The molecule has 1 aromatic heterocycles. The number of Topliss-reactive ketones (excluding diaryl/α,β-unsaturated/α-hetero) is 1. The monoisotopic (exact) mass is 307 g/mol. The second-order valence-corrected chi connectivity index (χ2v) is 4.42. The Labute approximate surface area is 112 Å². The first-order valence-electron chi connectivity index (χ1n) is 5.23. The van der Waals surface area contributed by atoms with Crippen LogP contribution >= 0.6 is 15.9 Å².